The lowest BCUT2D eigenvalue weighted by atomic mass is 9.95. The Morgan fingerprint density at radius 2 is 2.15 bits per heavy atom. The van der Waals surface area contributed by atoms with Crippen molar-refractivity contribution < 1.29 is 9.47 Å². The highest BCUT2D eigenvalue weighted by atomic mass is 32.1. The molecule has 1 unspecified atom stereocenters. The molecule has 10 heteroatoms. The number of aromatic nitrogens is 6. The van der Waals surface area contributed by atoms with Crippen LogP contribution in [-0.4, -0.2) is 74.1 Å². The van der Waals surface area contributed by atoms with Crippen LogP contribution in [0.5, 0.6) is 5.75 Å². The SMILES string of the molecule is COc1cc(-c2[nH]nc(-c3nc4c(s3)CC(N(C)C3COC3)CC4)c2C(C)C)cn2ncnc12. The Hall–Kier alpha value is -2.82. The quantitative estimate of drug-likeness (QED) is 0.452. The number of aryl methyl sites for hydroxylation is 1. The zero-order valence-corrected chi connectivity index (χ0v) is 20.7. The number of nitrogens with zero attached hydrogens (tertiary/aromatic N) is 6. The molecule has 0 spiro atoms. The summed E-state index contributed by atoms with van der Waals surface area (Å²) in [6, 6.07) is 3.10. The molecular weight excluding hydrogens is 450 g/mol. The Balaban J connectivity index is 1.36. The smallest absolute Gasteiger partial charge is 0.197 e. The van der Waals surface area contributed by atoms with Gasteiger partial charge in [0.25, 0.3) is 0 Å². The third-order valence-electron chi connectivity index (χ3n) is 7.12. The summed E-state index contributed by atoms with van der Waals surface area (Å²) < 4.78 is 12.7. The molecule has 0 saturated carbocycles. The largest absolute Gasteiger partial charge is 0.493 e. The number of aromatic amines is 1. The van der Waals surface area contributed by atoms with E-state index >= 15 is 0 Å². The molecule has 1 saturated heterocycles. The molecule has 0 bridgehead atoms. The molecule has 34 heavy (non-hydrogen) atoms. The summed E-state index contributed by atoms with van der Waals surface area (Å²) in [4.78, 5) is 13.2. The van der Waals surface area contributed by atoms with Crippen LogP contribution in [0.3, 0.4) is 0 Å². The highest BCUT2D eigenvalue weighted by Crippen LogP contribution is 2.40. The van der Waals surface area contributed by atoms with Crippen LogP contribution in [0.2, 0.25) is 0 Å². The van der Waals surface area contributed by atoms with Crippen molar-refractivity contribution in [2.75, 3.05) is 27.4 Å². The average Bonchev–Trinajstić information content (AvgIpc) is 3.53. The number of methoxy groups -OCH3 is 1. The molecule has 4 aromatic rings. The molecule has 1 aliphatic heterocycles. The predicted molar refractivity (Wildman–Crippen MR) is 131 cm³/mol. The van der Waals surface area contributed by atoms with Gasteiger partial charge in [-0.2, -0.15) is 10.2 Å². The van der Waals surface area contributed by atoms with E-state index in [4.69, 9.17) is 19.6 Å². The van der Waals surface area contributed by atoms with Gasteiger partial charge in [-0.25, -0.2) is 14.5 Å². The number of ether oxygens (including phenoxy) is 2. The lowest BCUT2D eigenvalue weighted by molar-refractivity contribution is -0.0706. The first-order chi connectivity index (χ1) is 16.5. The monoisotopic (exact) mass is 479 g/mol. The van der Waals surface area contributed by atoms with Gasteiger partial charge in [0.05, 0.1) is 37.8 Å². The van der Waals surface area contributed by atoms with Crippen LogP contribution in [0.4, 0.5) is 0 Å². The summed E-state index contributed by atoms with van der Waals surface area (Å²) in [5, 5.41) is 13.4. The summed E-state index contributed by atoms with van der Waals surface area (Å²) in [5.41, 5.74) is 5.96. The molecule has 1 atom stereocenters. The van der Waals surface area contributed by atoms with Crippen molar-refractivity contribution in [1.82, 2.24) is 34.7 Å². The second-order valence-electron chi connectivity index (χ2n) is 9.48. The molecule has 6 rings (SSSR count). The predicted octanol–water partition coefficient (Wildman–Crippen LogP) is 3.56. The molecule has 0 aromatic carbocycles. The number of likely N-dealkylation sites (N-methyl/N-ethyl adjacent to an activating group) is 1. The maximum atomic E-state index is 5.57. The maximum Gasteiger partial charge on any atom is 0.197 e. The first-order valence-electron chi connectivity index (χ1n) is 11.8. The molecule has 1 aliphatic carbocycles. The van der Waals surface area contributed by atoms with Crippen molar-refractivity contribution in [3.63, 3.8) is 0 Å². The number of nitrogens with one attached hydrogen (secondary N) is 1. The van der Waals surface area contributed by atoms with E-state index in [1.54, 1.807) is 23.0 Å². The fourth-order valence-electron chi connectivity index (χ4n) is 5.04. The second-order valence-corrected chi connectivity index (χ2v) is 10.6. The van der Waals surface area contributed by atoms with Crippen molar-refractivity contribution in [1.29, 1.82) is 0 Å². The van der Waals surface area contributed by atoms with E-state index in [9.17, 15) is 0 Å². The highest BCUT2D eigenvalue weighted by Gasteiger charge is 2.33. The number of rotatable bonds is 6. The molecule has 4 aromatic heterocycles. The van der Waals surface area contributed by atoms with Gasteiger partial charge in [0, 0.05) is 28.2 Å². The summed E-state index contributed by atoms with van der Waals surface area (Å²) in [6.45, 7) is 6.10. The molecule has 5 heterocycles. The fourth-order valence-corrected chi connectivity index (χ4v) is 6.22. The van der Waals surface area contributed by atoms with Crippen molar-refractivity contribution in [3.05, 3.63) is 34.7 Å². The number of thiazole rings is 1. The van der Waals surface area contributed by atoms with E-state index in [0.717, 1.165) is 60.0 Å². The van der Waals surface area contributed by atoms with Crippen LogP contribution >= 0.6 is 11.3 Å². The molecular formula is C24H29N7O2S. The van der Waals surface area contributed by atoms with Crippen LogP contribution < -0.4 is 4.74 Å². The molecule has 9 nitrogen and oxygen atoms in total. The van der Waals surface area contributed by atoms with E-state index in [-0.39, 0.29) is 5.92 Å². The van der Waals surface area contributed by atoms with Crippen molar-refractivity contribution in [2.24, 2.45) is 0 Å². The Bertz CT molecular complexity index is 1340. The van der Waals surface area contributed by atoms with Gasteiger partial charge in [0.2, 0.25) is 0 Å². The molecule has 0 amide bonds. The van der Waals surface area contributed by atoms with Crippen LogP contribution in [0.25, 0.3) is 27.6 Å². The molecule has 2 aliphatic rings. The van der Waals surface area contributed by atoms with Crippen LogP contribution in [0.1, 0.15) is 42.3 Å². The number of hydrogen-bond donors (Lipinski definition) is 1. The normalized spacial score (nSPS) is 18.6. The van der Waals surface area contributed by atoms with E-state index in [2.05, 4.69) is 41.0 Å². The zero-order valence-electron chi connectivity index (χ0n) is 19.9. The van der Waals surface area contributed by atoms with E-state index < -0.39 is 0 Å². The van der Waals surface area contributed by atoms with Crippen LogP contribution in [0.15, 0.2) is 18.6 Å². The number of H-pyrrole nitrogens is 1. The number of fused-ring (bicyclic) bond motifs is 2. The topological polar surface area (TPSA) is 93.5 Å². The summed E-state index contributed by atoms with van der Waals surface area (Å²) >= 11 is 1.79. The molecule has 0 radical (unpaired) electrons. The molecule has 1 N–H and O–H groups in total. The Labute approximate surface area is 202 Å². The third-order valence-corrected chi connectivity index (χ3v) is 8.25. The number of hydrogen-bond acceptors (Lipinski definition) is 8. The van der Waals surface area contributed by atoms with Crippen LogP contribution in [0, 0.1) is 0 Å². The minimum Gasteiger partial charge on any atom is -0.493 e. The van der Waals surface area contributed by atoms with Gasteiger partial charge in [0.15, 0.2) is 11.4 Å². The zero-order chi connectivity index (χ0) is 23.4. The van der Waals surface area contributed by atoms with Crippen LogP contribution in [-0.2, 0) is 17.6 Å². The summed E-state index contributed by atoms with van der Waals surface area (Å²) in [7, 11) is 3.89. The van der Waals surface area contributed by atoms with Gasteiger partial charge >= 0.3 is 0 Å². The Kier molecular flexibility index (Phi) is 5.39. The van der Waals surface area contributed by atoms with Crippen molar-refractivity contribution >= 4 is 17.0 Å². The highest BCUT2D eigenvalue weighted by molar-refractivity contribution is 7.15. The van der Waals surface area contributed by atoms with Gasteiger partial charge in [0.1, 0.15) is 17.0 Å². The van der Waals surface area contributed by atoms with Crippen molar-refractivity contribution in [2.45, 2.75) is 51.1 Å². The van der Waals surface area contributed by atoms with Crippen molar-refractivity contribution in [3.8, 4) is 27.7 Å². The first-order valence-corrected chi connectivity index (χ1v) is 12.6. The summed E-state index contributed by atoms with van der Waals surface area (Å²) in [6.07, 6.45) is 6.71. The second kappa shape index (κ2) is 8.44. The van der Waals surface area contributed by atoms with Gasteiger partial charge in [-0.05, 0) is 38.3 Å². The van der Waals surface area contributed by atoms with Gasteiger partial charge < -0.3 is 9.47 Å². The molecule has 178 valence electrons. The maximum absolute atomic E-state index is 5.57. The van der Waals surface area contributed by atoms with Gasteiger partial charge in [-0.1, -0.05) is 13.8 Å². The summed E-state index contributed by atoms with van der Waals surface area (Å²) in [5.74, 6) is 0.942. The Morgan fingerprint density at radius 1 is 1.29 bits per heavy atom. The average molecular weight is 480 g/mol. The lowest BCUT2D eigenvalue weighted by Crippen LogP contribution is -2.52. The third kappa shape index (κ3) is 3.52. The minimum atomic E-state index is 0.264. The minimum absolute atomic E-state index is 0.264. The first kappa shape index (κ1) is 21.7. The van der Waals surface area contributed by atoms with E-state index in [0.29, 0.717) is 23.5 Å². The lowest BCUT2D eigenvalue weighted by Gasteiger charge is -2.40. The van der Waals surface area contributed by atoms with Gasteiger partial charge in [-0.15, -0.1) is 11.3 Å². The fraction of sp³-hybridized carbons (Fsp3) is 0.500. The van der Waals surface area contributed by atoms with Gasteiger partial charge in [-0.3, -0.25) is 10.00 Å². The standard InChI is InChI=1S/C24H29N7O2S/c1-13(2)20-21(14-7-18(32-4)23-25-12-26-31(23)9-14)28-29-22(20)24-27-17-6-5-15(8-19(17)34-24)30(3)16-10-33-11-16/h7,9,12-13,15-16H,5-6,8,10-11H2,1-4H3,(H,28,29). The number of pyridine rings is 1. The molecule has 1 fully saturated rings. The Morgan fingerprint density at radius 3 is 2.88 bits per heavy atom. The van der Waals surface area contributed by atoms with E-state index in [1.165, 1.54) is 16.9 Å². The van der Waals surface area contributed by atoms with E-state index in [1.807, 2.05) is 12.3 Å².